The van der Waals surface area contributed by atoms with E-state index in [0.29, 0.717) is 17.7 Å². The number of amides is 2. The van der Waals surface area contributed by atoms with E-state index in [2.05, 4.69) is 4.99 Å². The number of hydrogen-bond donors (Lipinski definition) is 0. The Morgan fingerprint density at radius 2 is 1.80 bits per heavy atom. The third kappa shape index (κ3) is 5.07. The van der Waals surface area contributed by atoms with Crippen LogP contribution in [-0.4, -0.2) is 65.5 Å². The zero-order chi connectivity index (χ0) is 28.4. The summed E-state index contributed by atoms with van der Waals surface area (Å²) in [6.07, 6.45) is 2.24. The van der Waals surface area contributed by atoms with Crippen LogP contribution < -0.4 is 0 Å². The highest BCUT2D eigenvalue weighted by atomic mass is 19.1. The highest BCUT2D eigenvalue weighted by Crippen LogP contribution is 2.32. The minimum atomic E-state index is -0.899. The number of halogens is 1. The lowest BCUT2D eigenvalue weighted by atomic mass is 9.89. The van der Waals surface area contributed by atoms with Crippen molar-refractivity contribution in [3.63, 3.8) is 0 Å². The van der Waals surface area contributed by atoms with E-state index in [4.69, 9.17) is 14.2 Å². The molecule has 0 saturated heterocycles. The maximum atomic E-state index is 13.9. The molecule has 2 aromatic carbocycles. The molecule has 0 spiro atoms. The molecule has 2 amide bonds. The maximum Gasteiger partial charge on any atom is 0.436 e. The van der Waals surface area contributed by atoms with E-state index in [1.54, 1.807) is 39.4 Å². The van der Waals surface area contributed by atoms with Crippen LogP contribution in [0.25, 0.3) is 0 Å². The highest BCUT2D eigenvalue weighted by Gasteiger charge is 2.53. The fourth-order valence-electron chi connectivity index (χ4n) is 4.53. The zero-order valence-electron chi connectivity index (χ0n) is 22.2. The molecule has 3 heterocycles. The van der Waals surface area contributed by atoms with Gasteiger partial charge in [0.15, 0.2) is 11.5 Å². The number of benzene rings is 2. The van der Waals surface area contributed by atoms with E-state index >= 15 is 0 Å². The Morgan fingerprint density at radius 1 is 1.07 bits per heavy atom. The molecule has 10 heteroatoms. The molecule has 1 unspecified atom stereocenters. The Bertz CT molecular complexity index is 1530. The zero-order valence-corrected chi connectivity index (χ0v) is 22.2. The smallest absolute Gasteiger partial charge is 0.436 e. The van der Waals surface area contributed by atoms with Gasteiger partial charge in [-0.15, -0.1) is 4.58 Å². The SMILES string of the molecule is CCOC(=O)C1=C(OCc2ccccc2)C2=NC=C(Cc3ccc(F)cc3)C3OC(C(=O)N(C)C)=C[N+](=C23)C1=O. The molecule has 0 bridgehead atoms. The number of carbonyl (C=O) groups is 3. The Labute approximate surface area is 230 Å². The highest BCUT2D eigenvalue weighted by molar-refractivity contribution is 6.52. The number of nitrogens with zero attached hydrogens (tertiary/aromatic N) is 3. The Balaban J connectivity index is 1.64. The monoisotopic (exact) mass is 544 g/mol. The molecule has 0 aromatic heterocycles. The molecule has 3 aliphatic heterocycles. The molecule has 0 radical (unpaired) electrons. The topological polar surface area (TPSA) is 97.5 Å². The average Bonchev–Trinajstić information content (AvgIpc) is 2.95. The van der Waals surface area contributed by atoms with Crippen LogP contribution in [0.15, 0.2) is 94.7 Å². The third-order valence-electron chi connectivity index (χ3n) is 6.46. The van der Waals surface area contributed by atoms with E-state index in [1.165, 1.54) is 27.8 Å². The van der Waals surface area contributed by atoms with Gasteiger partial charge in [0, 0.05) is 25.9 Å². The van der Waals surface area contributed by atoms with Crippen LogP contribution >= 0.6 is 0 Å². The molecule has 0 saturated carbocycles. The van der Waals surface area contributed by atoms with Gasteiger partial charge in [-0.2, -0.15) is 0 Å². The predicted octanol–water partition coefficient (Wildman–Crippen LogP) is 3.06. The van der Waals surface area contributed by atoms with Crippen molar-refractivity contribution in [1.29, 1.82) is 0 Å². The third-order valence-corrected chi connectivity index (χ3v) is 6.46. The fraction of sp³-hybridized carbons (Fsp3) is 0.233. The Hall–Kier alpha value is -4.86. The Kier molecular flexibility index (Phi) is 7.41. The molecule has 3 aliphatic rings. The lowest BCUT2D eigenvalue weighted by molar-refractivity contribution is -0.385. The summed E-state index contributed by atoms with van der Waals surface area (Å²) in [5.74, 6) is -2.54. The first-order chi connectivity index (χ1) is 19.3. The molecule has 5 rings (SSSR count). The first-order valence-electron chi connectivity index (χ1n) is 12.7. The molecule has 1 atom stereocenters. The van der Waals surface area contributed by atoms with E-state index in [-0.39, 0.29) is 41.8 Å². The maximum absolute atomic E-state index is 13.9. The molecular weight excluding hydrogens is 517 g/mol. The predicted molar refractivity (Wildman–Crippen MR) is 142 cm³/mol. The molecule has 204 valence electrons. The fourth-order valence-corrected chi connectivity index (χ4v) is 4.53. The van der Waals surface area contributed by atoms with Gasteiger partial charge in [-0.3, -0.25) is 4.79 Å². The van der Waals surface area contributed by atoms with E-state index in [9.17, 15) is 18.8 Å². The van der Waals surface area contributed by atoms with E-state index < -0.39 is 23.9 Å². The van der Waals surface area contributed by atoms with Gasteiger partial charge in [0.25, 0.3) is 17.4 Å². The van der Waals surface area contributed by atoms with Crippen molar-refractivity contribution in [3.05, 3.63) is 107 Å². The lowest BCUT2D eigenvalue weighted by Gasteiger charge is -2.31. The van der Waals surface area contributed by atoms with E-state index in [1.807, 2.05) is 30.3 Å². The number of allylic oxidation sites excluding steroid dienone is 1. The van der Waals surface area contributed by atoms with Crippen molar-refractivity contribution in [2.75, 3.05) is 20.7 Å². The van der Waals surface area contributed by atoms with Crippen LogP contribution in [0.1, 0.15) is 18.1 Å². The molecule has 2 aromatic rings. The number of ether oxygens (including phenoxy) is 3. The van der Waals surface area contributed by atoms with Crippen LogP contribution in [0.3, 0.4) is 0 Å². The largest absolute Gasteiger partial charge is 0.485 e. The quantitative estimate of drug-likeness (QED) is 0.288. The van der Waals surface area contributed by atoms with Crippen molar-refractivity contribution in [2.45, 2.75) is 26.1 Å². The second-order valence-electron chi connectivity index (χ2n) is 9.44. The molecule has 0 aliphatic carbocycles. The van der Waals surface area contributed by atoms with Gasteiger partial charge in [-0.25, -0.2) is 19.0 Å². The average molecular weight is 545 g/mol. The number of hydrogen-bond acceptors (Lipinski definition) is 7. The summed E-state index contributed by atoms with van der Waals surface area (Å²) < 4.78 is 32.2. The number of likely N-dealkylation sites (N-methyl/N-ethyl adjacent to an activating group) is 1. The molecular formula is C30H27FN3O6+. The van der Waals surface area contributed by atoms with Gasteiger partial charge >= 0.3 is 11.9 Å². The first kappa shape index (κ1) is 26.7. The normalized spacial score (nSPS) is 17.8. The lowest BCUT2D eigenvalue weighted by Crippen LogP contribution is -2.51. The summed E-state index contributed by atoms with van der Waals surface area (Å²) in [6.45, 7) is 1.74. The van der Waals surface area contributed by atoms with Crippen LogP contribution in [-0.2, 0) is 41.6 Å². The molecule has 0 N–H and O–H groups in total. The van der Waals surface area contributed by atoms with Crippen molar-refractivity contribution < 1.29 is 37.6 Å². The van der Waals surface area contributed by atoms with Gasteiger partial charge in [0.05, 0.1) is 6.61 Å². The molecule has 0 fully saturated rings. The van der Waals surface area contributed by atoms with Crippen LogP contribution in [0.4, 0.5) is 4.39 Å². The van der Waals surface area contributed by atoms with Crippen molar-refractivity contribution in [1.82, 2.24) is 4.90 Å². The van der Waals surface area contributed by atoms with Gasteiger partial charge in [0.1, 0.15) is 12.4 Å². The summed E-state index contributed by atoms with van der Waals surface area (Å²) >= 11 is 0. The first-order valence-corrected chi connectivity index (χ1v) is 12.7. The molecule has 40 heavy (non-hydrogen) atoms. The second-order valence-corrected chi connectivity index (χ2v) is 9.44. The van der Waals surface area contributed by atoms with Gasteiger partial charge in [0.2, 0.25) is 17.9 Å². The Morgan fingerprint density at radius 3 is 2.48 bits per heavy atom. The van der Waals surface area contributed by atoms with Crippen LogP contribution in [0.5, 0.6) is 0 Å². The minimum Gasteiger partial charge on any atom is -0.485 e. The van der Waals surface area contributed by atoms with Gasteiger partial charge < -0.3 is 19.1 Å². The minimum absolute atomic E-state index is 0.0278. The van der Waals surface area contributed by atoms with Crippen LogP contribution in [0.2, 0.25) is 0 Å². The van der Waals surface area contributed by atoms with E-state index in [0.717, 1.165) is 11.1 Å². The van der Waals surface area contributed by atoms with Crippen molar-refractivity contribution >= 4 is 29.2 Å². The number of carbonyl (C=O) groups excluding carboxylic acids is 3. The van der Waals surface area contributed by atoms with Gasteiger partial charge in [-0.1, -0.05) is 42.5 Å². The van der Waals surface area contributed by atoms with Crippen LogP contribution in [0, 0.1) is 5.82 Å². The summed E-state index contributed by atoms with van der Waals surface area (Å²) in [5, 5.41) is 0. The summed E-state index contributed by atoms with van der Waals surface area (Å²) in [5.41, 5.74) is 2.43. The number of rotatable bonds is 8. The summed E-state index contributed by atoms with van der Waals surface area (Å²) in [4.78, 5) is 45.9. The van der Waals surface area contributed by atoms with Gasteiger partial charge in [-0.05, 0) is 36.6 Å². The number of aliphatic imine (C=N–C) groups is 1. The summed E-state index contributed by atoms with van der Waals surface area (Å²) in [7, 11) is 3.12. The van der Waals surface area contributed by atoms with Crippen molar-refractivity contribution in [3.8, 4) is 0 Å². The summed E-state index contributed by atoms with van der Waals surface area (Å²) in [6, 6.07) is 15.3. The number of esters is 1. The standard InChI is InChI=1S/C30H27FN3O6/c1-4-38-30(37)23-27(39-17-19-8-6-5-7-9-19)24-25-26(20(15-32-24)14-18-10-12-21(31)13-11-18)40-22(28(35)33(2)3)16-34(25)29(23)36/h5-13,15-16,26H,4,14,17H2,1-3H3/q+1. The van der Waals surface area contributed by atoms with Crippen molar-refractivity contribution in [2.24, 2.45) is 4.99 Å². The molecule has 9 nitrogen and oxygen atoms in total. The second kappa shape index (κ2) is 11.1.